The monoisotopic (exact) mass is 413 g/mol. The van der Waals surface area contributed by atoms with E-state index in [9.17, 15) is 4.79 Å². The molecule has 0 radical (unpaired) electrons. The van der Waals surface area contributed by atoms with Crippen LogP contribution >= 0.6 is 23.1 Å². The number of hydrogen-bond acceptors (Lipinski definition) is 7. The number of amides is 1. The Morgan fingerprint density at radius 3 is 2.82 bits per heavy atom. The second-order valence-corrected chi connectivity index (χ2v) is 8.46. The van der Waals surface area contributed by atoms with E-state index in [1.165, 1.54) is 23.1 Å². The molecule has 0 aliphatic carbocycles. The molecule has 9 heteroatoms. The van der Waals surface area contributed by atoms with Gasteiger partial charge < -0.3 is 9.73 Å². The van der Waals surface area contributed by atoms with E-state index < -0.39 is 0 Å². The van der Waals surface area contributed by atoms with Gasteiger partial charge >= 0.3 is 0 Å². The van der Waals surface area contributed by atoms with Crippen LogP contribution in [-0.4, -0.2) is 31.4 Å². The third kappa shape index (κ3) is 3.67. The average molecular weight is 414 g/mol. The van der Waals surface area contributed by atoms with Gasteiger partial charge in [0, 0.05) is 6.04 Å². The first-order valence-electron chi connectivity index (χ1n) is 8.80. The molecule has 3 aromatic heterocycles. The molecule has 144 valence electrons. The molecular weight excluding hydrogens is 394 g/mol. The van der Waals surface area contributed by atoms with Crippen molar-refractivity contribution < 1.29 is 9.21 Å². The summed E-state index contributed by atoms with van der Waals surface area (Å²) in [5, 5.41) is 12.8. The second kappa shape index (κ2) is 7.76. The molecule has 1 amide bonds. The molecule has 0 bridgehead atoms. The number of thioether (sulfide) groups is 1. The molecule has 7 nitrogen and oxygen atoms in total. The second-order valence-electron chi connectivity index (χ2n) is 6.48. The lowest BCUT2D eigenvalue weighted by Crippen LogP contribution is -2.14. The molecule has 0 saturated carbocycles. The number of nitrogens with one attached hydrogen (secondary N) is 1. The van der Waals surface area contributed by atoms with Gasteiger partial charge in [-0.1, -0.05) is 35.2 Å². The van der Waals surface area contributed by atoms with Crippen molar-refractivity contribution in [2.24, 2.45) is 0 Å². The number of fused-ring (bicyclic) bond motifs is 1. The van der Waals surface area contributed by atoms with Crippen LogP contribution in [0.5, 0.6) is 0 Å². The van der Waals surface area contributed by atoms with Gasteiger partial charge in [0.15, 0.2) is 16.1 Å². The lowest BCUT2D eigenvalue weighted by Gasteiger charge is -2.13. The highest BCUT2D eigenvalue weighted by Gasteiger charge is 2.20. The van der Waals surface area contributed by atoms with Gasteiger partial charge in [0.05, 0.1) is 27.8 Å². The quantitative estimate of drug-likeness (QED) is 0.458. The van der Waals surface area contributed by atoms with Crippen molar-refractivity contribution in [2.75, 3.05) is 11.1 Å². The van der Waals surface area contributed by atoms with Gasteiger partial charge in [-0.2, -0.15) is 0 Å². The SMILES string of the molecule is Cc1occc1-c1nnc(SCC(=O)Nc2nc3ccccc3s2)n1C(C)C. The van der Waals surface area contributed by atoms with Crippen LogP contribution in [-0.2, 0) is 4.79 Å². The highest BCUT2D eigenvalue weighted by atomic mass is 32.2. The maximum atomic E-state index is 12.4. The highest BCUT2D eigenvalue weighted by Crippen LogP contribution is 2.30. The number of carbonyl (C=O) groups is 1. The molecule has 0 aliphatic heterocycles. The van der Waals surface area contributed by atoms with Crippen LogP contribution in [0.3, 0.4) is 0 Å². The Morgan fingerprint density at radius 2 is 2.11 bits per heavy atom. The van der Waals surface area contributed by atoms with Crippen LogP contribution in [0.25, 0.3) is 21.6 Å². The van der Waals surface area contributed by atoms with E-state index in [-0.39, 0.29) is 17.7 Å². The normalized spacial score (nSPS) is 11.4. The minimum absolute atomic E-state index is 0.122. The van der Waals surface area contributed by atoms with Crippen molar-refractivity contribution in [3.63, 3.8) is 0 Å². The Hall–Kier alpha value is -2.65. The largest absolute Gasteiger partial charge is 0.469 e. The van der Waals surface area contributed by atoms with E-state index in [1.54, 1.807) is 6.26 Å². The predicted octanol–water partition coefficient (Wildman–Crippen LogP) is 4.77. The number of carbonyl (C=O) groups excluding carboxylic acids is 1. The van der Waals surface area contributed by atoms with E-state index in [0.29, 0.717) is 10.3 Å². The summed E-state index contributed by atoms with van der Waals surface area (Å²) in [6, 6.07) is 9.84. The first-order valence-corrected chi connectivity index (χ1v) is 10.6. The summed E-state index contributed by atoms with van der Waals surface area (Å²) in [6.07, 6.45) is 1.64. The molecule has 0 saturated heterocycles. The van der Waals surface area contributed by atoms with Crippen LogP contribution < -0.4 is 5.32 Å². The van der Waals surface area contributed by atoms with E-state index in [0.717, 1.165) is 27.4 Å². The Labute approximate surface area is 170 Å². The van der Waals surface area contributed by atoms with Crippen LogP contribution in [0.2, 0.25) is 0 Å². The summed E-state index contributed by atoms with van der Waals surface area (Å²) in [5.74, 6) is 1.64. The van der Waals surface area contributed by atoms with Crippen molar-refractivity contribution in [1.82, 2.24) is 19.7 Å². The summed E-state index contributed by atoms with van der Waals surface area (Å²) < 4.78 is 8.46. The van der Waals surface area contributed by atoms with Gasteiger partial charge in [0.2, 0.25) is 5.91 Å². The molecule has 1 aromatic carbocycles. The number of aromatic nitrogens is 4. The Kier molecular flexibility index (Phi) is 5.19. The lowest BCUT2D eigenvalue weighted by atomic mass is 10.2. The first kappa shape index (κ1) is 18.7. The standard InChI is InChI=1S/C19H19N5O2S2/c1-11(2)24-17(13-8-9-26-12(13)3)22-23-19(24)27-10-16(25)21-18-20-14-6-4-5-7-15(14)28-18/h4-9,11H,10H2,1-3H3,(H,20,21,25). The van der Waals surface area contributed by atoms with E-state index in [2.05, 4.69) is 34.3 Å². The molecule has 4 rings (SSSR count). The fraction of sp³-hybridized carbons (Fsp3) is 0.263. The zero-order valence-electron chi connectivity index (χ0n) is 15.7. The molecular formula is C19H19N5O2S2. The van der Waals surface area contributed by atoms with Crippen molar-refractivity contribution in [2.45, 2.75) is 32.0 Å². The number of anilines is 1. The fourth-order valence-corrected chi connectivity index (χ4v) is 4.60. The van der Waals surface area contributed by atoms with Crippen molar-refractivity contribution in [3.05, 3.63) is 42.4 Å². The number of rotatable bonds is 6. The number of para-hydroxylation sites is 1. The van der Waals surface area contributed by atoms with Crippen molar-refractivity contribution >= 4 is 44.4 Å². The smallest absolute Gasteiger partial charge is 0.236 e. The van der Waals surface area contributed by atoms with Gasteiger partial charge in [-0.15, -0.1) is 10.2 Å². The lowest BCUT2D eigenvalue weighted by molar-refractivity contribution is -0.113. The summed E-state index contributed by atoms with van der Waals surface area (Å²) in [6.45, 7) is 6.02. The zero-order chi connectivity index (χ0) is 19.7. The average Bonchev–Trinajstić information content (AvgIpc) is 3.36. The number of thiazole rings is 1. The Morgan fingerprint density at radius 1 is 1.29 bits per heavy atom. The molecule has 0 aliphatic rings. The molecule has 4 aromatic rings. The zero-order valence-corrected chi connectivity index (χ0v) is 17.3. The minimum atomic E-state index is -0.122. The predicted molar refractivity (Wildman–Crippen MR) is 112 cm³/mol. The minimum Gasteiger partial charge on any atom is -0.469 e. The Bertz CT molecular complexity index is 1100. The number of aryl methyl sites for hydroxylation is 1. The maximum absolute atomic E-state index is 12.4. The molecule has 1 N–H and O–H groups in total. The van der Waals surface area contributed by atoms with Gasteiger partial charge in [-0.05, 0) is 39.0 Å². The van der Waals surface area contributed by atoms with Gasteiger partial charge in [0.1, 0.15) is 5.76 Å². The summed E-state index contributed by atoms with van der Waals surface area (Å²) in [5.41, 5.74) is 1.79. The van der Waals surface area contributed by atoms with Gasteiger partial charge in [-0.3, -0.25) is 9.36 Å². The fourth-order valence-electron chi connectivity index (χ4n) is 2.85. The number of nitrogens with zero attached hydrogens (tertiary/aromatic N) is 4. The summed E-state index contributed by atoms with van der Waals surface area (Å²) in [4.78, 5) is 16.8. The van der Waals surface area contributed by atoms with Crippen LogP contribution in [0.1, 0.15) is 25.6 Å². The van der Waals surface area contributed by atoms with Crippen molar-refractivity contribution in [3.8, 4) is 11.4 Å². The Balaban J connectivity index is 1.47. The molecule has 0 fully saturated rings. The molecule has 0 unspecified atom stereocenters. The highest BCUT2D eigenvalue weighted by molar-refractivity contribution is 7.99. The third-order valence-corrected chi connectivity index (χ3v) is 6.05. The first-order chi connectivity index (χ1) is 13.5. The van der Waals surface area contributed by atoms with E-state index in [4.69, 9.17) is 4.42 Å². The van der Waals surface area contributed by atoms with Crippen LogP contribution in [0, 0.1) is 6.92 Å². The molecule has 0 atom stereocenters. The van der Waals surface area contributed by atoms with Crippen molar-refractivity contribution in [1.29, 1.82) is 0 Å². The molecule has 0 spiro atoms. The van der Waals surface area contributed by atoms with Gasteiger partial charge in [-0.25, -0.2) is 4.98 Å². The molecule has 28 heavy (non-hydrogen) atoms. The van der Waals surface area contributed by atoms with Gasteiger partial charge in [0.25, 0.3) is 0 Å². The summed E-state index contributed by atoms with van der Waals surface area (Å²) in [7, 11) is 0. The van der Waals surface area contributed by atoms with E-state index in [1.807, 2.05) is 41.8 Å². The number of furan rings is 1. The molecule has 3 heterocycles. The number of benzene rings is 1. The van der Waals surface area contributed by atoms with Crippen LogP contribution in [0.15, 0.2) is 46.2 Å². The maximum Gasteiger partial charge on any atom is 0.236 e. The topological polar surface area (TPSA) is 85.8 Å². The summed E-state index contributed by atoms with van der Waals surface area (Å²) >= 11 is 2.82. The number of hydrogen-bond donors (Lipinski definition) is 1. The van der Waals surface area contributed by atoms with E-state index >= 15 is 0 Å². The third-order valence-electron chi connectivity index (χ3n) is 4.15. The van der Waals surface area contributed by atoms with Crippen LogP contribution in [0.4, 0.5) is 5.13 Å².